The predicted molar refractivity (Wildman–Crippen MR) is 80.1 cm³/mol. The number of rotatable bonds is 0. The summed E-state index contributed by atoms with van der Waals surface area (Å²) in [7, 11) is 0. The first-order valence-corrected chi connectivity index (χ1v) is 7.27. The Morgan fingerprint density at radius 3 is 1.20 bits per heavy atom. The summed E-state index contributed by atoms with van der Waals surface area (Å²) in [4.78, 5) is 0. The van der Waals surface area contributed by atoms with Crippen molar-refractivity contribution < 1.29 is 44.8 Å². The van der Waals surface area contributed by atoms with Crippen molar-refractivity contribution in [2.45, 2.75) is 54.4 Å². The summed E-state index contributed by atoms with van der Waals surface area (Å²) in [6.45, 7) is 12.4. The van der Waals surface area contributed by atoms with Gasteiger partial charge in [0.25, 0.3) is 0 Å². The van der Waals surface area contributed by atoms with E-state index in [1.807, 2.05) is 26.0 Å². The maximum Gasteiger partial charge on any atom is -1.00 e. The Labute approximate surface area is 150 Å². The molecule has 2 aliphatic carbocycles. The van der Waals surface area contributed by atoms with Crippen molar-refractivity contribution in [1.29, 1.82) is 0 Å². The minimum Gasteiger partial charge on any atom is -1.00 e. The largest absolute Gasteiger partial charge is 1.00 e. The average Bonchev–Trinajstić information content (AvgIpc) is 2.95. The zero-order chi connectivity index (χ0) is 14.4. The SMILES string of the molecule is CC.CC1=CC=[C-]C1.CC1=CC=[C-]C1.C[C](C)=[Ti+2].[Cl-].[Cl-]. The molecule has 0 saturated carbocycles. The fourth-order valence-electron chi connectivity index (χ4n) is 0.960. The molecule has 0 heterocycles. The van der Waals surface area contributed by atoms with Gasteiger partial charge in [-0.1, -0.05) is 27.7 Å². The molecule has 0 N–H and O–H groups in total. The van der Waals surface area contributed by atoms with Gasteiger partial charge in [0.2, 0.25) is 0 Å². The normalized spacial score (nSPS) is 12.8. The second-order valence-corrected chi connectivity index (χ2v) is 5.68. The molecule has 0 fully saturated rings. The van der Waals surface area contributed by atoms with E-state index in [1.54, 1.807) is 0 Å². The van der Waals surface area contributed by atoms with E-state index in [2.05, 4.69) is 72.0 Å². The summed E-state index contributed by atoms with van der Waals surface area (Å²) in [6, 6.07) is 0. The molecular weight excluding hydrogens is 323 g/mol. The zero-order valence-electron chi connectivity index (χ0n) is 13.5. The monoisotopic (exact) mass is 348 g/mol. The van der Waals surface area contributed by atoms with Gasteiger partial charge in [0.05, 0.1) is 0 Å². The Hall–Kier alpha value is 0.124. The van der Waals surface area contributed by atoms with Crippen molar-refractivity contribution in [1.82, 2.24) is 0 Å². The first-order chi connectivity index (χ1) is 8.52. The van der Waals surface area contributed by atoms with Crippen molar-refractivity contribution >= 4 is 3.81 Å². The molecule has 0 aromatic rings. The standard InChI is InChI=1S/2C6H7.C3H6.C2H6.2ClH.Ti/c2*1-6-4-2-3-5-6;1-3-2;1-2;;;/h2*2,4H,5H2,1H3;1-2H3;1-2H3;2*1H;/q2*-1;;;;;+2/p-2. The second-order valence-electron chi connectivity index (χ2n) is 4.12. The molecule has 0 aromatic carbocycles. The topological polar surface area (TPSA) is 0 Å². The van der Waals surface area contributed by atoms with Crippen LogP contribution in [0.1, 0.15) is 54.4 Å². The van der Waals surface area contributed by atoms with Gasteiger partial charge in [0.15, 0.2) is 0 Å². The van der Waals surface area contributed by atoms with Crippen molar-refractivity contribution in [3.8, 4) is 0 Å². The van der Waals surface area contributed by atoms with E-state index in [0.29, 0.717) is 0 Å². The molecule has 20 heavy (non-hydrogen) atoms. The fourth-order valence-corrected chi connectivity index (χ4v) is 0.960. The summed E-state index contributed by atoms with van der Waals surface area (Å²) in [5.41, 5.74) is 2.82. The second kappa shape index (κ2) is 21.4. The van der Waals surface area contributed by atoms with Crippen LogP contribution in [0.15, 0.2) is 35.5 Å². The third kappa shape index (κ3) is 26.6. The molecule has 114 valence electrons. The van der Waals surface area contributed by atoms with Crippen LogP contribution in [0.25, 0.3) is 0 Å². The molecule has 0 spiro atoms. The molecule has 0 aromatic heterocycles. The van der Waals surface area contributed by atoms with Crippen LogP contribution in [-0.4, -0.2) is 3.81 Å². The van der Waals surface area contributed by atoms with Crippen molar-refractivity contribution in [2.24, 2.45) is 0 Å². The van der Waals surface area contributed by atoms with E-state index in [-0.39, 0.29) is 24.8 Å². The van der Waals surface area contributed by atoms with E-state index in [1.165, 1.54) is 15.0 Å². The Kier molecular flexibility index (Phi) is 30.3. The number of hydrogen-bond acceptors (Lipinski definition) is 0. The van der Waals surface area contributed by atoms with Gasteiger partial charge in [-0.25, -0.2) is 24.3 Å². The van der Waals surface area contributed by atoms with Gasteiger partial charge >= 0.3 is 37.6 Å². The maximum atomic E-state index is 3.05. The van der Waals surface area contributed by atoms with Gasteiger partial charge in [-0.2, -0.15) is 11.1 Å². The van der Waals surface area contributed by atoms with Crippen LogP contribution in [0.2, 0.25) is 0 Å². The minimum atomic E-state index is 0. The van der Waals surface area contributed by atoms with Crippen molar-refractivity contribution in [2.75, 3.05) is 0 Å². The first kappa shape index (κ1) is 28.3. The number of hydrogen-bond donors (Lipinski definition) is 0. The quantitative estimate of drug-likeness (QED) is 0.396. The number of halogens is 2. The van der Waals surface area contributed by atoms with Crippen LogP contribution in [0.4, 0.5) is 0 Å². The predicted octanol–water partition coefficient (Wildman–Crippen LogP) is -0.829. The van der Waals surface area contributed by atoms with Crippen LogP contribution in [-0.2, 0) is 20.0 Å². The van der Waals surface area contributed by atoms with Gasteiger partial charge in [-0.05, 0) is 0 Å². The summed E-state index contributed by atoms with van der Waals surface area (Å²) in [5.74, 6) is 0. The number of allylic oxidation sites excluding steroid dienone is 8. The fraction of sp³-hybridized carbons (Fsp3) is 0.471. The Balaban J connectivity index is -0.0000000880. The molecule has 0 nitrogen and oxygen atoms in total. The van der Waals surface area contributed by atoms with Gasteiger partial charge < -0.3 is 24.8 Å². The molecule has 0 saturated heterocycles. The third-order valence-corrected chi connectivity index (χ3v) is 1.73. The Morgan fingerprint density at radius 2 is 1.15 bits per heavy atom. The van der Waals surface area contributed by atoms with Crippen LogP contribution < -0.4 is 24.8 Å². The van der Waals surface area contributed by atoms with E-state index in [0.717, 1.165) is 12.8 Å². The summed E-state index contributed by atoms with van der Waals surface area (Å²) < 4.78 is 1.42. The van der Waals surface area contributed by atoms with Crippen LogP contribution >= 0.6 is 0 Å². The van der Waals surface area contributed by atoms with Crippen LogP contribution in [0.3, 0.4) is 0 Å². The molecule has 0 aliphatic heterocycles. The summed E-state index contributed by atoms with van der Waals surface area (Å²) in [5, 5.41) is 0. The Morgan fingerprint density at radius 1 is 0.900 bits per heavy atom. The molecule has 0 atom stereocenters. The van der Waals surface area contributed by atoms with E-state index in [4.69, 9.17) is 0 Å². The van der Waals surface area contributed by atoms with E-state index < -0.39 is 0 Å². The van der Waals surface area contributed by atoms with E-state index >= 15 is 0 Å². The Bertz CT molecular complexity index is 305. The molecule has 0 amide bonds. The molecular formula is C17H26Cl2Ti-2. The van der Waals surface area contributed by atoms with Gasteiger partial charge in [-0.3, -0.25) is 12.2 Å². The van der Waals surface area contributed by atoms with Gasteiger partial charge in [0.1, 0.15) is 0 Å². The van der Waals surface area contributed by atoms with Gasteiger partial charge in [-0.15, -0.1) is 12.8 Å². The minimum absolute atomic E-state index is 0. The molecule has 0 radical (unpaired) electrons. The van der Waals surface area contributed by atoms with Gasteiger partial charge in [0, 0.05) is 0 Å². The van der Waals surface area contributed by atoms with Crippen molar-refractivity contribution in [3.63, 3.8) is 0 Å². The molecule has 2 aliphatic rings. The molecule has 2 rings (SSSR count). The molecule has 0 bridgehead atoms. The molecule has 3 heteroatoms. The third-order valence-electron chi connectivity index (χ3n) is 1.73. The van der Waals surface area contributed by atoms with Crippen molar-refractivity contribution in [3.05, 3.63) is 47.6 Å². The smallest absolute Gasteiger partial charge is 1.00 e. The van der Waals surface area contributed by atoms with Crippen LogP contribution in [0, 0.1) is 12.2 Å². The van der Waals surface area contributed by atoms with Crippen LogP contribution in [0.5, 0.6) is 0 Å². The zero-order valence-corrected chi connectivity index (χ0v) is 16.6. The first-order valence-electron chi connectivity index (χ1n) is 6.49. The van der Waals surface area contributed by atoms with E-state index in [9.17, 15) is 0 Å². The average molecular weight is 349 g/mol. The summed E-state index contributed by atoms with van der Waals surface area (Å²) in [6.07, 6.45) is 16.3. The molecule has 0 unspecified atom stereocenters. The summed E-state index contributed by atoms with van der Waals surface area (Å²) >= 11 is 2.08. The maximum absolute atomic E-state index is 3.05.